The van der Waals surface area contributed by atoms with Gasteiger partial charge in [0.15, 0.2) is 0 Å². The minimum Gasteiger partial charge on any atom is -0.467 e. The van der Waals surface area contributed by atoms with Gasteiger partial charge in [-0.1, -0.05) is 78.9 Å². The molecule has 3 aromatic rings. The van der Waals surface area contributed by atoms with E-state index in [9.17, 15) is 14.4 Å². The van der Waals surface area contributed by atoms with Crippen LogP contribution in [0, 0.1) is 0 Å². The van der Waals surface area contributed by atoms with Crippen LogP contribution in [0.3, 0.4) is 0 Å². The van der Waals surface area contributed by atoms with Crippen LogP contribution >= 0.6 is 0 Å². The molecule has 1 atom stereocenters. The summed E-state index contributed by atoms with van der Waals surface area (Å²) in [6.07, 6.45) is -0.0185. The minimum absolute atomic E-state index is 0.219. The molecule has 0 fully saturated rings. The van der Waals surface area contributed by atoms with Crippen molar-refractivity contribution < 1.29 is 23.9 Å². The molecule has 0 radical (unpaired) electrons. The van der Waals surface area contributed by atoms with Gasteiger partial charge in [-0.2, -0.15) is 0 Å². The Bertz CT molecular complexity index is 1270. The van der Waals surface area contributed by atoms with E-state index in [1.807, 2.05) is 78.9 Å². The minimum atomic E-state index is -1.38. The maximum absolute atomic E-state index is 13.9. The largest absolute Gasteiger partial charge is 0.467 e. The number of methoxy groups -OCH3 is 1. The number of alkyl carbamates (subject to hydrolysis) is 1. The van der Waals surface area contributed by atoms with Crippen LogP contribution in [0.4, 0.5) is 4.79 Å². The van der Waals surface area contributed by atoms with Gasteiger partial charge >= 0.3 is 12.1 Å². The number of benzene rings is 3. The van der Waals surface area contributed by atoms with Crippen LogP contribution in [-0.2, 0) is 38.3 Å². The second-order valence-electron chi connectivity index (χ2n) is 10.6. The molecule has 0 unspecified atom stereocenters. The highest BCUT2D eigenvalue weighted by Gasteiger charge is 2.45. The first kappa shape index (κ1) is 26.9. The van der Waals surface area contributed by atoms with Crippen molar-refractivity contribution in [1.29, 1.82) is 0 Å². The molecule has 0 heterocycles. The number of hydrogen-bond donors (Lipinski definition) is 2. The Hall–Kier alpha value is -4.13. The zero-order chi connectivity index (χ0) is 27.3. The lowest BCUT2D eigenvalue weighted by Gasteiger charge is -2.33. The van der Waals surface area contributed by atoms with Gasteiger partial charge in [0, 0.05) is 19.3 Å². The molecule has 7 heteroatoms. The number of amides is 2. The molecule has 198 valence electrons. The number of carbonyl (C=O) groups excluding carboxylic acids is 3. The molecule has 0 saturated carbocycles. The summed E-state index contributed by atoms with van der Waals surface area (Å²) in [5.74, 6) is -1.05. The molecule has 38 heavy (non-hydrogen) atoms. The Balaban J connectivity index is 1.71. The molecule has 0 saturated heterocycles. The normalized spacial score (nSPS) is 14.6. The van der Waals surface area contributed by atoms with Gasteiger partial charge in [-0.15, -0.1) is 0 Å². The van der Waals surface area contributed by atoms with Crippen molar-refractivity contribution in [1.82, 2.24) is 10.6 Å². The summed E-state index contributed by atoms with van der Waals surface area (Å²) in [5, 5.41) is 5.72. The Kier molecular flexibility index (Phi) is 7.86. The highest BCUT2D eigenvalue weighted by atomic mass is 16.6. The van der Waals surface area contributed by atoms with Crippen molar-refractivity contribution in [2.75, 3.05) is 7.11 Å². The first-order valence-corrected chi connectivity index (χ1v) is 12.7. The third kappa shape index (κ3) is 6.22. The van der Waals surface area contributed by atoms with Crippen LogP contribution in [0.2, 0.25) is 0 Å². The van der Waals surface area contributed by atoms with E-state index >= 15 is 0 Å². The van der Waals surface area contributed by atoms with Crippen molar-refractivity contribution in [2.24, 2.45) is 0 Å². The number of fused-ring (bicyclic) bond motifs is 3. The van der Waals surface area contributed by atoms with Crippen molar-refractivity contribution in [3.8, 4) is 11.1 Å². The molecule has 3 aromatic carbocycles. The van der Waals surface area contributed by atoms with E-state index in [0.717, 1.165) is 27.8 Å². The predicted molar refractivity (Wildman–Crippen MR) is 145 cm³/mol. The summed E-state index contributed by atoms with van der Waals surface area (Å²) in [7, 11) is 1.32. The van der Waals surface area contributed by atoms with Gasteiger partial charge in [-0.05, 0) is 48.6 Å². The number of nitrogens with one attached hydrogen (secondary N) is 2. The van der Waals surface area contributed by atoms with E-state index in [4.69, 9.17) is 9.47 Å². The molecule has 0 aliphatic heterocycles. The van der Waals surface area contributed by atoms with Crippen LogP contribution in [0.15, 0.2) is 78.9 Å². The number of carbonyl (C=O) groups is 3. The van der Waals surface area contributed by atoms with E-state index in [1.165, 1.54) is 7.11 Å². The molecule has 0 bridgehead atoms. The Morgan fingerprint density at radius 1 is 0.842 bits per heavy atom. The molecular formula is C31H34N2O5. The molecule has 0 spiro atoms. The average molecular weight is 515 g/mol. The topological polar surface area (TPSA) is 93.7 Å². The number of ether oxygens (including phenoxy) is 2. The molecule has 1 aliphatic rings. The Morgan fingerprint density at radius 2 is 1.37 bits per heavy atom. The molecule has 0 aromatic heterocycles. The third-order valence-electron chi connectivity index (χ3n) is 6.54. The van der Waals surface area contributed by atoms with Gasteiger partial charge in [0.1, 0.15) is 17.2 Å². The van der Waals surface area contributed by atoms with Crippen LogP contribution < -0.4 is 10.6 Å². The highest BCUT2D eigenvalue weighted by Crippen LogP contribution is 2.36. The smallest absolute Gasteiger partial charge is 0.408 e. The molecule has 4 rings (SSSR count). The first-order valence-electron chi connectivity index (χ1n) is 12.7. The molecule has 2 N–H and O–H groups in total. The fraction of sp³-hybridized carbons (Fsp3) is 0.323. The second kappa shape index (κ2) is 11.1. The van der Waals surface area contributed by atoms with Crippen molar-refractivity contribution in [2.45, 2.75) is 57.2 Å². The highest BCUT2D eigenvalue weighted by molar-refractivity contribution is 5.93. The summed E-state index contributed by atoms with van der Waals surface area (Å²) in [4.78, 5) is 40.0. The van der Waals surface area contributed by atoms with Gasteiger partial charge in [-0.25, -0.2) is 9.59 Å². The molecular weight excluding hydrogens is 480 g/mol. The van der Waals surface area contributed by atoms with Gasteiger partial charge in [-0.3, -0.25) is 4.79 Å². The van der Waals surface area contributed by atoms with Gasteiger partial charge < -0.3 is 20.1 Å². The number of rotatable bonds is 6. The van der Waals surface area contributed by atoms with Crippen molar-refractivity contribution >= 4 is 18.0 Å². The van der Waals surface area contributed by atoms with Crippen LogP contribution in [0.1, 0.15) is 37.5 Å². The summed E-state index contributed by atoms with van der Waals surface area (Å²) in [6, 6.07) is 24.1. The number of esters is 1. The quantitative estimate of drug-likeness (QED) is 0.469. The van der Waals surface area contributed by atoms with E-state index in [-0.39, 0.29) is 19.3 Å². The fourth-order valence-corrected chi connectivity index (χ4v) is 4.90. The lowest BCUT2D eigenvalue weighted by molar-refractivity contribution is -0.151. The van der Waals surface area contributed by atoms with Gasteiger partial charge in [0.25, 0.3) is 0 Å². The maximum Gasteiger partial charge on any atom is 0.408 e. The third-order valence-corrected chi connectivity index (χ3v) is 6.54. The maximum atomic E-state index is 13.9. The molecule has 2 amide bonds. The average Bonchev–Trinajstić information content (AvgIpc) is 3.02. The summed E-state index contributed by atoms with van der Waals surface area (Å²) in [5.41, 5.74) is 2.60. The van der Waals surface area contributed by atoms with E-state index < -0.39 is 35.2 Å². The van der Waals surface area contributed by atoms with Crippen molar-refractivity contribution in [3.05, 3.63) is 95.6 Å². The predicted octanol–water partition coefficient (Wildman–Crippen LogP) is 4.62. The van der Waals surface area contributed by atoms with Crippen LogP contribution in [0.5, 0.6) is 0 Å². The zero-order valence-corrected chi connectivity index (χ0v) is 22.2. The zero-order valence-electron chi connectivity index (χ0n) is 22.2. The monoisotopic (exact) mass is 514 g/mol. The van der Waals surface area contributed by atoms with Gasteiger partial charge in [0.05, 0.1) is 7.11 Å². The fourth-order valence-electron chi connectivity index (χ4n) is 4.90. The number of hydrogen-bond acceptors (Lipinski definition) is 5. The Morgan fingerprint density at radius 3 is 1.89 bits per heavy atom. The Labute approximate surface area is 223 Å². The van der Waals surface area contributed by atoms with E-state index in [1.54, 1.807) is 20.8 Å². The van der Waals surface area contributed by atoms with Crippen LogP contribution in [-0.4, -0.2) is 42.3 Å². The first-order chi connectivity index (χ1) is 18.1. The van der Waals surface area contributed by atoms with E-state index in [2.05, 4.69) is 10.6 Å². The van der Waals surface area contributed by atoms with Crippen LogP contribution in [0.25, 0.3) is 11.1 Å². The standard InChI is InChI=1S/C31H34N2O5/c1-30(2,3)38-29(36)32-26(18-21-12-6-5-7-13-21)27(34)33-31(28(35)37-4)19-22-14-8-10-16-24(22)25-17-11-9-15-23(25)20-31/h5-17,26H,18-20H2,1-4H3,(H,32,36)(H,33,34)/t26-/m1/s1. The lowest BCUT2D eigenvalue weighted by Crippen LogP contribution is -2.62. The SMILES string of the molecule is COC(=O)C1(NC(=O)[C@@H](Cc2ccccc2)NC(=O)OC(C)(C)C)Cc2ccccc2-c2ccccc2C1. The van der Waals surface area contributed by atoms with Crippen molar-refractivity contribution in [3.63, 3.8) is 0 Å². The van der Waals surface area contributed by atoms with Gasteiger partial charge in [0.2, 0.25) is 5.91 Å². The lowest BCUT2D eigenvalue weighted by atomic mass is 9.86. The summed E-state index contributed by atoms with van der Waals surface area (Å²) < 4.78 is 10.7. The summed E-state index contributed by atoms with van der Waals surface area (Å²) in [6.45, 7) is 5.27. The van der Waals surface area contributed by atoms with E-state index in [0.29, 0.717) is 0 Å². The summed E-state index contributed by atoms with van der Waals surface area (Å²) >= 11 is 0. The molecule has 1 aliphatic carbocycles. The second-order valence-corrected chi connectivity index (χ2v) is 10.6. The molecule has 7 nitrogen and oxygen atoms in total.